The Balaban J connectivity index is 1.83. The van der Waals surface area contributed by atoms with Crippen LogP contribution in [0, 0.1) is 6.92 Å². The topological polar surface area (TPSA) is 83.7 Å². The number of carbonyl (C=O) groups is 1. The van der Waals surface area contributed by atoms with Crippen LogP contribution in [-0.2, 0) is 9.84 Å². The fourth-order valence-corrected chi connectivity index (χ4v) is 2.68. The van der Waals surface area contributed by atoms with Crippen molar-refractivity contribution in [3.63, 3.8) is 0 Å². The van der Waals surface area contributed by atoms with Crippen LogP contribution in [0.25, 0.3) is 0 Å². The fraction of sp³-hybridized carbons (Fsp3) is 0.667. The zero-order valence-corrected chi connectivity index (χ0v) is 12.5. The average Bonchev–Trinajstić information content (AvgIpc) is 2.82. The Morgan fingerprint density at radius 3 is 2.50 bits per heavy atom. The van der Waals surface area contributed by atoms with Crippen molar-refractivity contribution in [2.45, 2.75) is 6.92 Å². The molecule has 0 radical (unpaired) electrons. The van der Waals surface area contributed by atoms with Gasteiger partial charge in [-0.2, -0.15) is 0 Å². The number of aromatic nitrogens is 1. The molecule has 2 rings (SSSR count). The van der Waals surface area contributed by atoms with E-state index in [1.54, 1.807) is 17.9 Å². The number of hydrogen-bond acceptors (Lipinski definition) is 6. The molecule has 0 spiro atoms. The SMILES string of the molecule is Cc1cc(C(=O)N2CCN(CCS(C)(=O)=O)CC2)on1. The van der Waals surface area contributed by atoms with Crippen LogP contribution in [0.5, 0.6) is 0 Å². The van der Waals surface area contributed by atoms with E-state index in [9.17, 15) is 13.2 Å². The minimum atomic E-state index is -2.94. The molecule has 0 aromatic carbocycles. The fourth-order valence-electron chi connectivity index (χ4n) is 2.09. The van der Waals surface area contributed by atoms with E-state index in [4.69, 9.17) is 4.52 Å². The summed E-state index contributed by atoms with van der Waals surface area (Å²) in [6.45, 7) is 4.78. The molecule has 1 aliphatic rings. The first-order chi connectivity index (χ1) is 9.35. The third kappa shape index (κ3) is 4.04. The van der Waals surface area contributed by atoms with Crippen molar-refractivity contribution in [1.29, 1.82) is 0 Å². The largest absolute Gasteiger partial charge is 0.351 e. The van der Waals surface area contributed by atoms with Crippen molar-refractivity contribution in [1.82, 2.24) is 15.0 Å². The third-order valence-corrected chi connectivity index (χ3v) is 4.20. The third-order valence-electron chi connectivity index (χ3n) is 3.28. The normalized spacial score (nSPS) is 17.4. The first-order valence-electron chi connectivity index (χ1n) is 6.48. The van der Waals surface area contributed by atoms with Crippen molar-refractivity contribution < 1.29 is 17.7 Å². The number of carbonyl (C=O) groups excluding carboxylic acids is 1. The Morgan fingerprint density at radius 2 is 2.00 bits per heavy atom. The van der Waals surface area contributed by atoms with Gasteiger partial charge in [0.25, 0.3) is 5.91 Å². The molecule has 112 valence electrons. The number of piperazine rings is 1. The van der Waals surface area contributed by atoms with Crippen LogP contribution in [0.1, 0.15) is 16.2 Å². The minimum absolute atomic E-state index is 0.155. The summed E-state index contributed by atoms with van der Waals surface area (Å²) in [7, 11) is -2.94. The Kier molecular flexibility index (Phi) is 4.44. The van der Waals surface area contributed by atoms with Gasteiger partial charge in [0.15, 0.2) is 0 Å². The summed E-state index contributed by atoms with van der Waals surface area (Å²) in [6.07, 6.45) is 1.24. The van der Waals surface area contributed by atoms with E-state index >= 15 is 0 Å². The summed E-state index contributed by atoms with van der Waals surface area (Å²) in [5, 5.41) is 3.70. The maximum absolute atomic E-state index is 12.1. The molecule has 0 saturated carbocycles. The molecule has 7 nitrogen and oxygen atoms in total. The van der Waals surface area contributed by atoms with Gasteiger partial charge in [0.05, 0.1) is 11.4 Å². The second-order valence-corrected chi connectivity index (χ2v) is 7.36. The lowest BCUT2D eigenvalue weighted by Gasteiger charge is -2.33. The van der Waals surface area contributed by atoms with Gasteiger partial charge in [-0.25, -0.2) is 8.42 Å². The number of amides is 1. The number of sulfone groups is 1. The quantitative estimate of drug-likeness (QED) is 0.765. The van der Waals surface area contributed by atoms with Gasteiger partial charge in [-0.15, -0.1) is 0 Å². The van der Waals surface area contributed by atoms with Crippen LogP contribution in [-0.4, -0.2) is 74.0 Å². The van der Waals surface area contributed by atoms with E-state index in [1.807, 2.05) is 0 Å². The van der Waals surface area contributed by atoms with E-state index in [0.29, 0.717) is 38.4 Å². The molecule has 1 saturated heterocycles. The van der Waals surface area contributed by atoms with Crippen LogP contribution in [0.15, 0.2) is 10.6 Å². The van der Waals surface area contributed by atoms with Gasteiger partial charge in [0.2, 0.25) is 5.76 Å². The van der Waals surface area contributed by atoms with Crippen molar-refractivity contribution in [3.8, 4) is 0 Å². The van der Waals surface area contributed by atoms with E-state index < -0.39 is 9.84 Å². The highest BCUT2D eigenvalue weighted by Crippen LogP contribution is 2.10. The maximum Gasteiger partial charge on any atom is 0.292 e. The molecule has 1 aliphatic heterocycles. The first-order valence-corrected chi connectivity index (χ1v) is 8.54. The van der Waals surface area contributed by atoms with Gasteiger partial charge >= 0.3 is 0 Å². The van der Waals surface area contributed by atoms with E-state index in [1.165, 1.54) is 6.26 Å². The summed E-state index contributed by atoms with van der Waals surface area (Å²) in [5.74, 6) is 0.253. The Labute approximate surface area is 118 Å². The predicted molar refractivity (Wildman–Crippen MR) is 73.3 cm³/mol. The predicted octanol–water partition coefficient (Wildman–Crippen LogP) is -0.215. The van der Waals surface area contributed by atoms with E-state index in [0.717, 1.165) is 0 Å². The molecular weight excluding hydrogens is 282 g/mol. The molecule has 1 amide bonds. The van der Waals surface area contributed by atoms with Crippen molar-refractivity contribution in [3.05, 3.63) is 17.5 Å². The lowest BCUT2D eigenvalue weighted by atomic mass is 10.3. The van der Waals surface area contributed by atoms with Crippen LogP contribution in [0.4, 0.5) is 0 Å². The molecule has 8 heteroatoms. The van der Waals surface area contributed by atoms with E-state index in [-0.39, 0.29) is 17.4 Å². The monoisotopic (exact) mass is 301 g/mol. The molecule has 2 heterocycles. The van der Waals surface area contributed by atoms with Crippen LogP contribution >= 0.6 is 0 Å². The molecule has 0 atom stereocenters. The van der Waals surface area contributed by atoms with Crippen molar-refractivity contribution in [2.75, 3.05) is 44.7 Å². The average molecular weight is 301 g/mol. The van der Waals surface area contributed by atoms with Crippen molar-refractivity contribution >= 4 is 15.7 Å². The molecule has 0 bridgehead atoms. The summed E-state index contributed by atoms with van der Waals surface area (Å²) in [5.41, 5.74) is 0.681. The Bertz CT molecular complexity index is 573. The number of aryl methyl sites for hydroxylation is 1. The number of rotatable bonds is 4. The maximum atomic E-state index is 12.1. The van der Waals surface area contributed by atoms with E-state index in [2.05, 4.69) is 10.1 Å². The number of hydrogen-bond donors (Lipinski definition) is 0. The second-order valence-electron chi connectivity index (χ2n) is 5.10. The molecule has 0 aliphatic carbocycles. The smallest absolute Gasteiger partial charge is 0.292 e. The summed E-state index contributed by atoms with van der Waals surface area (Å²) >= 11 is 0. The molecule has 1 fully saturated rings. The molecule has 1 aromatic heterocycles. The van der Waals surface area contributed by atoms with Crippen LogP contribution < -0.4 is 0 Å². The van der Waals surface area contributed by atoms with Crippen molar-refractivity contribution in [2.24, 2.45) is 0 Å². The highest BCUT2D eigenvalue weighted by atomic mass is 32.2. The van der Waals surface area contributed by atoms with Crippen LogP contribution in [0.2, 0.25) is 0 Å². The molecule has 0 N–H and O–H groups in total. The second kappa shape index (κ2) is 5.92. The molecule has 1 aromatic rings. The number of nitrogens with zero attached hydrogens (tertiary/aromatic N) is 3. The first kappa shape index (κ1) is 15.0. The van der Waals surface area contributed by atoms with Gasteiger partial charge in [-0.05, 0) is 6.92 Å². The summed E-state index contributed by atoms with van der Waals surface area (Å²) < 4.78 is 27.2. The highest BCUT2D eigenvalue weighted by Gasteiger charge is 2.24. The standard InChI is InChI=1S/C12H19N3O4S/c1-10-9-11(19-13-10)12(16)15-5-3-14(4-6-15)7-8-20(2,17)18/h9H,3-8H2,1-2H3. The zero-order chi connectivity index (χ0) is 14.8. The molecular formula is C12H19N3O4S. The zero-order valence-electron chi connectivity index (χ0n) is 11.7. The van der Waals surface area contributed by atoms with Gasteiger partial charge in [0, 0.05) is 45.0 Å². The summed E-state index contributed by atoms with van der Waals surface area (Å²) in [6, 6.07) is 1.62. The lowest BCUT2D eigenvalue weighted by molar-refractivity contribution is 0.0603. The minimum Gasteiger partial charge on any atom is -0.351 e. The Morgan fingerprint density at radius 1 is 1.35 bits per heavy atom. The Hall–Kier alpha value is -1.41. The molecule has 20 heavy (non-hydrogen) atoms. The van der Waals surface area contributed by atoms with Crippen LogP contribution in [0.3, 0.4) is 0 Å². The lowest BCUT2D eigenvalue weighted by Crippen LogP contribution is -2.49. The van der Waals surface area contributed by atoms with Gasteiger partial charge in [0.1, 0.15) is 9.84 Å². The highest BCUT2D eigenvalue weighted by molar-refractivity contribution is 7.90. The van der Waals surface area contributed by atoms with Gasteiger partial charge < -0.3 is 9.42 Å². The summed E-state index contributed by atoms with van der Waals surface area (Å²) in [4.78, 5) is 15.9. The van der Waals surface area contributed by atoms with Gasteiger partial charge in [-0.1, -0.05) is 5.16 Å². The van der Waals surface area contributed by atoms with Gasteiger partial charge in [-0.3, -0.25) is 9.69 Å². The molecule has 0 unspecified atom stereocenters.